The first-order valence-corrected chi connectivity index (χ1v) is 5.62. The molecule has 18 heavy (non-hydrogen) atoms. The number of alkyl halides is 3. The molecule has 3 nitrogen and oxygen atoms in total. The molecule has 0 saturated carbocycles. The SMILES string of the molecule is NC1(c2ccc(OC(F)(F)F)cc2)CCCOC1. The zero-order chi connectivity index (χ0) is 13.2. The fraction of sp³-hybridized carbons (Fsp3) is 0.500. The monoisotopic (exact) mass is 261 g/mol. The topological polar surface area (TPSA) is 44.5 Å². The van der Waals surface area contributed by atoms with Gasteiger partial charge in [0.05, 0.1) is 12.1 Å². The van der Waals surface area contributed by atoms with E-state index < -0.39 is 11.9 Å². The van der Waals surface area contributed by atoms with E-state index in [1.165, 1.54) is 12.1 Å². The molecule has 1 aromatic carbocycles. The van der Waals surface area contributed by atoms with E-state index in [1.54, 1.807) is 12.1 Å². The van der Waals surface area contributed by atoms with Crippen molar-refractivity contribution < 1.29 is 22.6 Å². The Kier molecular flexibility index (Phi) is 3.49. The molecule has 0 spiro atoms. The smallest absolute Gasteiger partial charge is 0.406 e. The molecule has 6 heteroatoms. The summed E-state index contributed by atoms with van der Waals surface area (Å²) in [6, 6.07) is 5.64. The van der Waals surface area contributed by atoms with Crippen LogP contribution in [-0.2, 0) is 10.3 Å². The maximum atomic E-state index is 12.0. The molecule has 1 aliphatic heterocycles. The van der Waals surface area contributed by atoms with Crippen molar-refractivity contribution in [3.05, 3.63) is 29.8 Å². The second kappa shape index (κ2) is 4.78. The van der Waals surface area contributed by atoms with Gasteiger partial charge in [0.1, 0.15) is 5.75 Å². The van der Waals surface area contributed by atoms with Crippen molar-refractivity contribution in [2.24, 2.45) is 5.73 Å². The Labute approximate surface area is 103 Å². The Morgan fingerprint density at radius 1 is 1.22 bits per heavy atom. The zero-order valence-corrected chi connectivity index (χ0v) is 9.67. The number of nitrogens with two attached hydrogens (primary N) is 1. The average molecular weight is 261 g/mol. The first-order chi connectivity index (χ1) is 8.39. The summed E-state index contributed by atoms with van der Waals surface area (Å²) in [7, 11) is 0. The van der Waals surface area contributed by atoms with E-state index in [9.17, 15) is 13.2 Å². The van der Waals surface area contributed by atoms with Crippen LogP contribution in [0.2, 0.25) is 0 Å². The summed E-state index contributed by atoms with van der Waals surface area (Å²) < 4.78 is 45.1. The number of rotatable bonds is 2. The van der Waals surface area contributed by atoms with Crippen molar-refractivity contribution >= 4 is 0 Å². The summed E-state index contributed by atoms with van der Waals surface area (Å²) in [5.74, 6) is -0.244. The minimum absolute atomic E-state index is 0.244. The van der Waals surface area contributed by atoms with Crippen molar-refractivity contribution in [2.75, 3.05) is 13.2 Å². The van der Waals surface area contributed by atoms with Gasteiger partial charge in [-0.2, -0.15) is 0 Å². The van der Waals surface area contributed by atoms with Crippen LogP contribution < -0.4 is 10.5 Å². The van der Waals surface area contributed by atoms with E-state index in [2.05, 4.69) is 4.74 Å². The Morgan fingerprint density at radius 2 is 1.89 bits per heavy atom. The van der Waals surface area contributed by atoms with Crippen LogP contribution in [0.5, 0.6) is 5.75 Å². The number of hydrogen-bond acceptors (Lipinski definition) is 3. The summed E-state index contributed by atoms with van der Waals surface area (Å²) in [5, 5.41) is 0. The van der Waals surface area contributed by atoms with Gasteiger partial charge in [0.15, 0.2) is 0 Å². The third-order valence-electron chi connectivity index (χ3n) is 2.93. The Morgan fingerprint density at radius 3 is 2.39 bits per heavy atom. The van der Waals surface area contributed by atoms with E-state index in [1.807, 2.05) is 0 Å². The highest BCUT2D eigenvalue weighted by molar-refractivity contribution is 5.32. The number of ether oxygens (including phenoxy) is 2. The van der Waals surface area contributed by atoms with Crippen LogP contribution in [0.15, 0.2) is 24.3 Å². The van der Waals surface area contributed by atoms with Crippen molar-refractivity contribution in [2.45, 2.75) is 24.7 Å². The van der Waals surface area contributed by atoms with Crippen LogP contribution in [0, 0.1) is 0 Å². The third-order valence-corrected chi connectivity index (χ3v) is 2.93. The highest BCUT2D eigenvalue weighted by Crippen LogP contribution is 2.30. The van der Waals surface area contributed by atoms with Crippen molar-refractivity contribution in [1.29, 1.82) is 0 Å². The third kappa shape index (κ3) is 3.14. The molecule has 1 saturated heterocycles. The molecule has 0 aliphatic carbocycles. The average Bonchev–Trinajstić information content (AvgIpc) is 2.28. The molecule has 1 fully saturated rings. The minimum Gasteiger partial charge on any atom is -0.406 e. The molecule has 0 bridgehead atoms. The molecule has 1 heterocycles. The maximum absolute atomic E-state index is 12.0. The standard InChI is InChI=1S/C12H14F3NO2/c13-12(14,15)18-10-4-2-9(3-5-10)11(16)6-1-7-17-8-11/h2-5H,1,6-8,16H2. The van der Waals surface area contributed by atoms with Gasteiger partial charge >= 0.3 is 6.36 Å². The van der Waals surface area contributed by atoms with Gasteiger partial charge in [-0.15, -0.1) is 13.2 Å². The Bertz CT molecular complexity index is 397. The molecule has 0 aromatic heterocycles. The second-order valence-corrected chi connectivity index (χ2v) is 4.38. The minimum atomic E-state index is -4.67. The highest BCUT2D eigenvalue weighted by atomic mass is 19.4. The van der Waals surface area contributed by atoms with Gasteiger partial charge in [0, 0.05) is 6.61 Å². The van der Waals surface area contributed by atoms with Crippen LogP contribution in [-0.4, -0.2) is 19.6 Å². The van der Waals surface area contributed by atoms with Crippen LogP contribution in [0.3, 0.4) is 0 Å². The normalized spacial score (nSPS) is 24.9. The van der Waals surface area contributed by atoms with Gasteiger partial charge < -0.3 is 15.2 Å². The number of hydrogen-bond donors (Lipinski definition) is 1. The summed E-state index contributed by atoms with van der Waals surface area (Å²) >= 11 is 0. The lowest BCUT2D eigenvalue weighted by Gasteiger charge is -2.33. The molecule has 100 valence electrons. The molecular formula is C12H14F3NO2. The summed E-state index contributed by atoms with van der Waals surface area (Å²) in [4.78, 5) is 0. The summed E-state index contributed by atoms with van der Waals surface area (Å²) in [6.07, 6.45) is -3.07. The van der Waals surface area contributed by atoms with Gasteiger partial charge in [-0.25, -0.2) is 0 Å². The van der Waals surface area contributed by atoms with E-state index in [4.69, 9.17) is 10.5 Å². The van der Waals surface area contributed by atoms with Crippen LogP contribution in [0.1, 0.15) is 18.4 Å². The lowest BCUT2D eigenvalue weighted by atomic mass is 9.86. The van der Waals surface area contributed by atoms with Crippen molar-refractivity contribution in [3.63, 3.8) is 0 Å². The second-order valence-electron chi connectivity index (χ2n) is 4.38. The fourth-order valence-electron chi connectivity index (χ4n) is 2.03. The summed E-state index contributed by atoms with van der Waals surface area (Å²) in [6.45, 7) is 1.06. The predicted octanol–water partition coefficient (Wildman–Crippen LogP) is 2.55. The molecule has 0 amide bonds. The van der Waals surface area contributed by atoms with Gasteiger partial charge in [0.2, 0.25) is 0 Å². The van der Waals surface area contributed by atoms with E-state index in [0.29, 0.717) is 13.2 Å². The lowest BCUT2D eigenvalue weighted by Crippen LogP contribution is -2.44. The van der Waals surface area contributed by atoms with Gasteiger partial charge in [-0.1, -0.05) is 12.1 Å². The fourth-order valence-corrected chi connectivity index (χ4v) is 2.03. The van der Waals surface area contributed by atoms with E-state index >= 15 is 0 Å². The zero-order valence-electron chi connectivity index (χ0n) is 9.67. The number of halogens is 3. The lowest BCUT2D eigenvalue weighted by molar-refractivity contribution is -0.274. The number of benzene rings is 1. The van der Waals surface area contributed by atoms with Crippen LogP contribution in [0.25, 0.3) is 0 Å². The van der Waals surface area contributed by atoms with Gasteiger partial charge in [0.25, 0.3) is 0 Å². The van der Waals surface area contributed by atoms with E-state index in [0.717, 1.165) is 18.4 Å². The Balaban J connectivity index is 2.12. The molecule has 2 N–H and O–H groups in total. The largest absolute Gasteiger partial charge is 0.573 e. The van der Waals surface area contributed by atoms with Crippen LogP contribution in [0.4, 0.5) is 13.2 Å². The maximum Gasteiger partial charge on any atom is 0.573 e. The molecule has 1 aliphatic rings. The van der Waals surface area contributed by atoms with Gasteiger partial charge in [-0.05, 0) is 30.5 Å². The molecule has 0 radical (unpaired) electrons. The molecule has 1 unspecified atom stereocenters. The molecule has 1 atom stereocenters. The molecule has 2 rings (SSSR count). The van der Waals surface area contributed by atoms with Crippen LogP contribution >= 0.6 is 0 Å². The van der Waals surface area contributed by atoms with Crippen molar-refractivity contribution in [1.82, 2.24) is 0 Å². The molecular weight excluding hydrogens is 247 g/mol. The quantitative estimate of drug-likeness (QED) is 0.889. The molecule has 1 aromatic rings. The first-order valence-electron chi connectivity index (χ1n) is 5.62. The first kappa shape index (κ1) is 13.2. The summed E-state index contributed by atoms with van der Waals surface area (Å²) in [5.41, 5.74) is 6.31. The highest BCUT2D eigenvalue weighted by Gasteiger charge is 2.32. The van der Waals surface area contributed by atoms with E-state index in [-0.39, 0.29) is 5.75 Å². The Hall–Kier alpha value is -1.27. The van der Waals surface area contributed by atoms with Gasteiger partial charge in [-0.3, -0.25) is 0 Å². The van der Waals surface area contributed by atoms with Crippen molar-refractivity contribution in [3.8, 4) is 5.75 Å². The predicted molar refractivity (Wildman–Crippen MR) is 59.0 cm³/mol.